The van der Waals surface area contributed by atoms with E-state index in [2.05, 4.69) is 12.1 Å². The number of ether oxygens (including phenoxy) is 2. The second kappa shape index (κ2) is 8.41. The lowest BCUT2D eigenvalue weighted by molar-refractivity contribution is -0.148. The van der Waals surface area contributed by atoms with E-state index in [1.54, 1.807) is 16.7 Å². The second-order valence-electron chi connectivity index (χ2n) is 10.3. The molecule has 1 aromatic carbocycles. The molecule has 174 valence electrons. The number of rotatable bonds is 3. The molecular formula is C25H34N2O5. The molecule has 2 saturated heterocycles. The van der Waals surface area contributed by atoms with Gasteiger partial charge in [0.15, 0.2) is 0 Å². The number of carbonyl (C=O) groups is 3. The first-order chi connectivity index (χ1) is 15.1. The second-order valence-corrected chi connectivity index (χ2v) is 10.3. The molecule has 0 radical (unpaired) electrons. The molecule has 3 aliphatic rings. The topological polar surface area (TPSA) is 76.2 Å². The van der Waals surface area contributed by atoms with Gasteiger partial charge in [0.05, 0.1) is 12.6 Å². The molecule has 2 heterocycles. The van der Waals surface area contributed by atoms with Crippen molar-refractivity contribution < 1.29 is 23.9 Å². The molecule has 7 heteroatoms. The SMILES string of the molecule is CCOC(=O)CN1C(=O)CC2CC3(CCN(C(=O)OC(C)(C)C)CC3)c3ccccc3C21. The molecule has 0 saturated carbocycles. The van der Waals surface area contributed by atoms with Crippen LogP contribution in [0.3, 0.4) is 0 Å². The minimum Gasteiger partial charge on any atom is -0.465 e. The third-order valence-electron chi connectivity index (χ3n) is 7.02. The lowest BCUT2D eigenvalue weighted by atomic mass is 9.60. The fraction of sp³-hybridized carbons (Fsp3) is 0.640. The number of hydrogen-bond donors (Lipinski definition) is 0. The van der Waals surface area contributed by atoms with Gasteiger partial charge >= 0.3 is 12.1 Å². The molecule has 2 atom stereocenters. The molecule has 32 heavy (non-hydrogen) atoms. The molecule has 2 aliphatic heterocycles. The van der Waals surface area contributed by atoms with Crippen molar-refractivity contribution in [1.82, 2.24) is 9.80 Å². The fourth-order valence-corrected chi connectivity index (χ4v) is 5.77. The number of hydrogen-bond acceptors (Lipinski definition) is 5. The molecule has 1 aliphatic carbocycles. The highest BCUT2D eigenvalue weighted by Crippen LogP contribution is 2.55. The lowest BCUT2D eigenvalue weighted by Crippen LogP contribution is -2.50. The number of fused-ring (bicyclic) bond motifs is 4. The van der Waals surface area contributed by atoms with Gasteiger partial charge < -0.3 is 19.3 Å². The van der Waals surface area contributed by atoms with E-state index in [-0.39, 0.29) is 41.9 Å². The largest absolute Gasteiger partial charge is 0.465 e. The minimum atomic E-state index is -0.510. The maximum Gasteiger partial charge on any atom is 0.410 e. The van der Waals surface area contributed by atoms with Crippen LogP contribution in [0.2, 0.25) is 0 Å². The predicted molar refractivity (Wildman–Crippen MR) is 119 cm³/mol. The molecular weight excluding hydrogens is 408 g/mol. The summed E-state index contributed by atoms with van der Waals surface area (Å²) in [7, 11) is 0. The third-order valence-corrected chi connectivity index (χ3v) is 7.02. The van der Waals surface area contributed by atoms with Gasteiger partial charge in [-0.3, -0.25) is 9.59 Å². The maximum atomic E-state index is 12.9. The predicted octanol–water partition coefficient (Wildman–Crippen LogP) is 3.81. The number of esters is 1. The Bertz CT molecular complexity index is 898. The van der Waals surface area contributed by atoms with Crippen LogP contribution >= 0.6 is 0 Å². The van der Waals surface area contributed by atoms with E-state index in [1.165, 1.54) is 5.56 Å². The van der Waals surface area contributed by atoms with Crippen molar-refractivity contribution in [1.29, 1.82) is 0 Å². The summed E-state index contributed by atoms with van der Waals surface area (Å²) in [5.41, 5.74) is 1.83. The van der Waals surface area contributed by atoms with E-state index in [9.17, 15) is 14.4 Å². The van der Waals surface area contributed by atoms with Crippen molar-refractivity contribution in [2.24, 2.45) is 5.92 Å². The zero-order valence-corrected chi connectivity index (χ0v) is 19.6. The van der Waals surface area contributed by atoms with Crippen LogP contribution in [-0.2, 0) is 24.5 Å². The van der Waals surface area contributed by atoms with Crippen molar-refractivity contribution in [3.05, 3.63) is 35.4 Å². The van der Waals surface area contributed by atoms with Gasteiger partial charge in [-0.2, -0.15) is 0 Å². The van der Waals surface area contributed by atoms with Crippen LogP contribution in [0.5, 0.6) is 0 Å². The average Bonchev–Trinajstić information content (AvgIpc) is 3.02. The van der Waals surface area contributed by atoms with Crippen molar-refractivity contribution in [2.75, 3.05) is 26.2 Å². The molecule has 0 aromatic heterocycles. The highest BCUT2D eigenvalue weighted by atomic mass is 16.6. The Morgan fingerprint density at radius 1 is 1.16 bits per heavy atom. The van der Waals surface area contributed by atoms with E-state index in [1.807, 2.05) is 32.9 Å². The fourth-order valence-electron chi connectivity index (χ4n) is 5.77. The van der Waals surface area contributed by atoms with Crippen molar-refractivity contribution in [3.8, 4) is 0 Å². The minimum absolute atomic E-state index is 0.00158. The van der Waals surface area contributed by atoms with E-state index in [0.29, 0.717) is 26.1 Å². The Balaban J connectivity index is 1.57. The van der Waals surface area contributed by atoms with Crippen LogP contribution in [0.25, 0.3) is 0 Å². The molecule has 2 unspecified atom stereocenters. The molecule has 4 rings (SSSR count). The molecule has 0 N–H and O–H groups in total. The van der Waals surface area contributed by atoms with Crippen LogP contribution in [0.1, 0.15) is 70.5 Å². The number of piperidine rings is 1. The molecule has 2 amide bonds. The lowest BCUT2D eigenvalue weighted by Gasteiger charge is -2.49. The number of likely N-dealkylation sites (tertiary alicyclic amines) is 2. The Morgan fingerprint density at radius 3 is 2.50 bits per heavy atom. The highest BCUT2D eigenvalue weighted by Gasteiger charge is 2.52. The summed E-state index contributed by atoms with van der Waals surface area (Å²) >= 11 is 0. The van der Waals surface area contributed by atoms with E-state index >= 15 is 0 Å². The Labute approximate surface area is 190 Å². The summed E-state index contributed by atoms with van der Waals surface area (Å²) in [5.74, 6) is -0.170. The van der Waals surface area contributed by atoms with Crippen LogP contribution in [-0.4, -0.2) is 59.6 Å². The smallest absolute Gasteiger partial charge is 0.410 e. The summed E-state index contributed by atoms with van der Waals surface area (Å²) in [6.45, 7) is 9.01. The third kappa shape index (κ3) is 4.21. The van der Waals surface area contributed by atoms with E-state index in [4.69, 9.17) is 9.47 Å². The molecule has 1 spiro atoms. The van der Waals surface area contributed by atoms with Crippen LogP contribution in [0.4, 0.5) is 4.79 Å². The summed E-state index contributed by atoms with van der Waals surface area (Å²) in [5, 5.41) is 0. The maximum absolute atomic E-state index is 12.9. The molecule has 7 nitrogen and oxygen atoms in total. The number of carbonyl (C=O) groups excluding carboxylic acids is 3. The average molecular weight is 443 g/mol. The molecule has 1 aromatic rings. The first kappa shape index (κ1) is 22.6. The van der Waals surface area contributed by atoms with Gasteiger partial charge in [0, 0.05) is 19.5 Å². The van der Waals surface area contributed by atoms with Gasteiger partial charge in [-0.25, -0.2) is 4.79 Å². The highest BCUT2D eigenvalue weighted by molar-refractivity contribution is 5.85. The van der Waals surface area contributed by atoms with Gasteiger partial charge in [0.1, 0.15) is 12.1 Å². The van der Waals surface area contributed by atoms with E-state index < -0.39 is 5.60 Å². The summed E-state index contributed by atoms with van der Waals surface area (Å²) in [6.07, 6.45) is 2.78. The Kier molecular flexibility index (Phi) is 5.94. The van der Waals surface area contributed by atoms with Gasteiger partial charge in [-0.15, -0.1) is 0 Å². The van der Waals surface area contributed by atoms with Gasteiger partial charge in [0.25, 0.3) is 0 Å². The Hall–Kier alpha value is -2.57. The van der Waals surface area contributed by atoms with Gasteiger partial charge in [-0.1, -0.05) is 24.3 Å². The van der Waals surface area contributed by atoms with Gasteiger partial charge in [0.2, 0.25) is 5.91 Å². The normalized spacial score (nSPS) is 24.2. The number of benzene rings is 1. The molecule has 2 fully saturated rings. The standard InChI is InChI=1S/C25H34N2O5/c1-5-31-21(29)16-27-20(28)14-17-15-25(19-9-7-6-8-18(19)22(17)27)10-12-26(13-11-25)23(30)32-24(2,3)4/h6-9,17,22H,5,10-16H2,1-4H3. The van der Waals surface area contributed by atoms with Crippen molar-refractivity contribution in [2.45, 2.75) is 70.4 Å². The number of nitrogens with zero attached hydrogens (tertiary/aromatic N) is 2. The first-order valence-corrected chi connectivity index (χ1v) is 11.7. The Morgan fingerprint density at radius 2 is 1.84 bits per heavy atom. The number of amides is 2. The van der Waals surface area contributed by atoms with Crippen molar-refractivity contribution in [3.63, 3.8) is 0 Å². The summed E-state index contributed by atoms with van der Waals surface area (Å²) < 4.78 is 10.7. The van der Waals surface area contributed by atoms with Crippen LogP contribution in [0, 0.1) is 5.92 Å². The zero-order chi connectivity index (χ0) is 23.1. The first-order valence-electron chi connectivity index (χ1n) is 11.7. The quantitative estimate of drug-likeness (QED) is 0.666. The van der Waals surface area contributed by atoms with Crippen LogP contribution < -0.4 is 0 Å². The summed E-state index contributed by atoms with van der Waals surface area (Å²) in [6, 6.07) is 8.24. The summed E-state index contributed by atoms with van der Waals surface area (Å²) in [4.78, 5) is 41.1. The monoisotopic (exact) mass is 442 g/mol. The van der Waals surface area contributed by atoms with Crippen LogP contribution in [0.15, 0.2) is 24.3 Å². The van der Waals surface area contributed by atoms with Crippen molar-refractivity contribution >= 4 is 18.0 Å². The van der Waals surface area contributed by atoms with E-state index in [0.717, 1.165) is 24.8 Å². The zero-order valence-electron chi connectivity index (χ0n) is 19.6. The molecule has 0 bridgehead atoms. The van der Waals surface area contributed by atoms with Gasteiger partial charge in [-0.05, 0) is 69.4 Å².